The molecule has 1 aromatic heterocycles. The Balaban J connectivity index is 1.84. The van der Waals surface area contributed by atoms with Crippen molar-refractivity contribution in [3.8, 4) is 0 Å². The number of hydrogen-bond acceptors (Lipinski definition) is 6. The Morgan fingerprint density at radius 1 is 1.09 bits per heavy atom. The molecule has 0 spiro atoms. The lowest BCUT2D eigenvalue weighted by Gasteiger charge is -2.22. The van der Waals surface area contributed by atoms with Crippen LogP contribution in [0.4, 0.5) is 5.00 Å². The summed E-state index contributed by atoms with van der Waals surface area (Å²) in [6.07, 6.45) is 2.21. The van der Waals surface area contributed by atoms with Gasteiger partial charge < -0.3 is 15.5 Å². The van der Waals surface area contributed by atoms with Gasteiger partial charge in [-0.25, -0.2) is 8.42 Å². The van der Waals surface area contributed by atoms with Gasteiger partial charge in [-0.2, -0.15) is 4.31 Å². The fourth-order valence-electron chi connectivity index (χ4n) is 3.94. The van der Waals surface area contributed by atoms with Gasteiger partial charge in [-0.05, 0) is 56.1 Å². The molecule has 10 heteroatoms. The largest absolute Gasteiger partial charge is 0.355 e. The van der Waals surface area contributed by atoms with E-state index in [0.29, 0.717) is 29.2 Å². The maximum Gasteiger partial charge on any atom is 0.256 e. The van der Waals surface area contributed by atoms with Crippen LogP contribution in [-0.2, 0) is 23.0 Å². The second kappa shape index (κ2) is 10.8. The molecule has 2 amide bonds. The summed E-state index contributed by atoms with van der Waals surface area (Å²) in [5, 5.41) is 6.07. The number of nitrogens with one attached hydrogen (secondary N) is 2. The third-order valence-corrected chi connectivity index (χ3v) is 8.67. The number of benzene rings is 1. The first-order chi connectivity index (χ1) is 15.7. The SMILES string of the molecule is CCCN(CCC)S(=O)(=O)c1ccc(C(=O)Nc2sc3c(c2C(=O)NC)CCN(C)C3)cc1. The molecule has 0 aliphatic carbocycles. The predicted octanol–water partition coefficient (Wildman–Crippen LogP) is 3.16. The minimum atomic E-state index is -3.61. The van der Waals surface area contributed by atoms with Crippen molar-refractivity contribution in [3.05, 3.63) is 45.8 Å². The quantitative estimate of drug-likeness (QED) is 0.560. The monoisotopic (exact) mass is 492 g/mol. The predicted molar refractivity (Wildman–Crippen MR) is 131 cm³/mol. The molecule has 0 fully saturated rings. The zero-order valence-electron chi connectivity index (χ0n) is 19.6. The van der Waals surface area contributed by atoms with E-state index in [1.54, 1.807) is 7.05 Å². The topological polar surface area (TPSA) is 98.8 Å². The highest BCUT2D eigenvalue weighted by Gasteiger charge is 2.28. The van der Waals surface area contributed by atoms with E-state index in [9.17, 15) is 18.0 Å². The number of fused-ring (bicyclic) bond motifs is 1. The van der Waals surface area contributed by atoms with E-state index < -0.39 is 10.0 Å². The van der Waals surface area contributed by atoms with Gasteiger partial charge in [0.25, 0.3) is 11.8 Å². The van der Waals surface area contributed by atoms with Gasteiger partial charge in [0.1, 0.15) is 5.00 Å². The maximum absolute atomic E-state index is 13.0. The summed E-state index contributed by atoms with van der Waals surface area (Å²) >= 11 is 1.42. The molecule has 33 heavy (non-hydrogen) atoms. The summed E-state index contributed by atoms with van der Waals surface area (Å²) < 4.78 is 27.4. The van der Waals surface area contributed by atoms with Gasteiger partial charge in [0, 0.05) is 43.7 Å². The van der Waals surface area contributed by atoms with Crippen LogP contribution in [-0.4, -0.2) is 63.2 Å². The van der Waals surface area contributed by atoms with Crippen LogP contribution in [0, 0.1) is 0 Å². The van der Waals surface area contributed by atoms with Crippen LogP contribution in [0.3, 0.4) is 0 Å². The van der Waals surface area contributed by atoms with Gasteiger partial charge in [-0.1, -0.05) is 13.8 Å². The van der Waals surface area contributed by atoms with Gasteiger partial charge in [-0.3, -0.25) is 9.59 Å². The van der Waals surface area contributed by atoms with Gasteiger partial charge in [-0.15, -0.1) is 11.3 Å². The van der Waals surface area contributed by atoms with E-state index >= 15 is 0 Å². The molecule has 1 aliphatic rings. The van der Waals surface area contributed by atoms with Crippen molar-refractivity contribution in [1.82, 2.24) is 14.5 Å². The molecule has 0 saturated carbocycles. The first kappa shape index (κ1) is 25.4. The van der Waals surface area contributed by atoms with E-state index in [2.05, 4.69) is 15.5 Å². The Morgan fingerprint density at radius 3 is 2.30 bits per heavy atom. The summed E-state index contributed by atoms with van der Waals surface area (Å²) in [6.45, 7) is 6.39. The Labute approximate surface area is 200 Å². The molecule has 8 nitrogen and oxygen atoms in total. The molecular formula is C23H32N4O4S2. The molecule has 0 bridgehead atoms. The van der Waals surface area contributed by atoms with Crippen LogP contribution in [0.15, 0.2) is 29.2 Å². The maximum atomic E-state index is 13.0. The first-order valence-electron chi connectivity index (χ1n) is 11.2. The van der Waals surface area contributed by atoms with Crippen molar-refractivity contribution in [1.29, 1.82) is 0 Å². The molecule has 0 atom stereocenters. The molecule has 1 aromatic carbocycles. The average molecular weight is 493 g/mol. The molecule has 0 radical (unpaired) electrons. The van der Waals surface area contributed by atoms with Crippen LogP contribution in [0.25, 0.3) is 0 Å². The van der Waals surface area contributed by atoms with Gasteiger partial charge in [0.15, 0.2) is 0 Å². The van der Waals surface area contributed by atoms with Crippen molar-refractivity contribution in [2.24, 2.45) is 0 Å². The molecule has 2 aromatic rings. The number of anilines is 1. The summed E-state index contributed by atoms with van der Waals surface area (Å²) in [4.78, 5) is 28.9. The normalized spacial score (nSPS) is 14.2. The summed E-state index contributed by atoms with van der Waals surface area (Å²) in [6, 6.07) is 5.96. The Bertz CT molecular complexity index is 1100. The third kappa shape index (κ3) is 5.46. The number of carbonyl (C=O) groups is 2. The number of nitrogens with zero attached hydrogens (tertiary/aromatic N) is 2. The Morgan fingerprint density at radius 2 is 1.73 bits per heavy atom. The first-order valence-corrected chi connectivity index (χ1v) is 13.4. The highest BCUT2D eigenvalue weighted by molar-refractivity contribution is 7.89. The standard InChI is InChI=1S/C23H32N4O4S2/c1-5-12-27(13-6-2)33(30,31)17-9-7-16(8-10-17)21(28)25-23-20(22(29)24-3)18-11-14-26(4)15-19(18)32-23/h7-10H,5-6,11-15H2,1-4H3,(H,24,29)(H,25,28). The van der Waals surface area contributed by atoms with Crippen molar-refractivity contribution in [3.63, 3.8) is 0 Å². The van der Waals surface area contributed by atoms with Gasteiger partial charge in [0.2, 0.25) is 10.0 Å². The second-order valence-electron chi connectivity index (χ2n) is 8.16. The summed E-state index contributed by atoms with van der Waals surface area (Å²) in [5.41, 5.74) is 1.84. The molecular weight excluding hydrogens is 460 g/mol. The Kier molecular flexibility index (Phi) is 8.28. The number of rotatable bonds is 9. The molecule has 2 N–H and O–H groups in total. The van der Waals surface area contributed by atoms with Crippen LogP contribution < -0.4 is 10.6 Å². The number of sulfonamides is 1. The van der Waals surface area contributed by atoms with E-state index in [1.807, 2.05) is 20.9 Å². The molecule has 180 valence electrons. The van der Waals surface area contributed by atoms with Crippen LogP contribution in [0.2, 0.25) is 0 Å². The van der Waals surface area contributed by atoms with E-state index in [0.717, 1.165) is 42.8 Å². The highest BCUT2D eigenvalue weighted by atomic mass is 32.2. The molecule has 3 rings (SSSR count). The molecule has 1 aliphatic heterocycles. The Hall–Kier alpha value is -2.27. The van der Waals surface area contributed by atoms with E-state index in [1.165, 1.54) is 39.9 Å². The van der Waals surface area contributed by atoms with Gasteiger partial charge in [0.05, 0.1) is 10.5 Å². The van der Waals surface area contributed by atoms with Crippen molar-refractivity contribution < 1.29 is 18.0 Å². The van der Waals surface area contributed by atoms with Gasteiger partial charge >= 0.3 is 0 Å². The van der Waals surface area contributed by atoms with Crippen LogP contribution in [0.5, 0.6) is 0 Å². The number of likely N-dealkylation sites (N-methyl/N-ethyl adjacent to an activating group) is 1. The van der Waals surface area contributed by atoms with E-state index in [4.69, 9.17) is 0 Å². The zero-order valence-corrected chi connectivity index (χ0v) is 21.2. The second-order valence-corrected chi connectivity index (χ2v) is 11.2. The fourth-order valence-corrected chi connectivity index (χ4v) is 6.88. The zero-order chi connectivity index (χ0) is 24.2. The van der Waals surface area contributed by atoms with Crippen LogP contribution >= 0.6 is 11.3 Å². The van der Waals surface area contributed by atoms with Crippen molar-refractivity contribution in [2.75, 3.05) is 39.0 Å². The minimum Gasteiger partial charge on any atom is -0.355 e. The number of thiophene rings is 1. The summed E-state index contributed by atoms with van der Waals surface area (Å²) in [7, 11) is -0.00741. The number of amides is 2. The lowest BCUT2D eigenvalue weighted by molar-refractivity contribution is 0.0962. The molecule has 2 heterocycles. The highest BCUT2D eigenvalue weighted by Crippen LogP contribution is 2.37. The average Bonchev–Trinajstić information content (AvgIpc) is 3.15. The number of hydrogen-bond donors (Lipinski definition) is 2. The van der Waals surface area contributed by atoms with Crippen molar-refractivity contribution in [2.45, 2.75) is 44.6 Å². The van der Waals surface area contributed by atoms with Crippen molar-refractivity contribution >= 4 is 38.2 Å². The number of carbonyl (C=O) groups excluding carboxylic acids is 2. The van der Waals surface area contributed by atoms with E-state index in [-0.39, 0.29) is 16.7 Å². The molecule has 0 unspecified atom stereocenters. The smallest absolute Gasteiger partial charge is 0.256 e. The third-order valence-electron chi connectivity index (χ3n) is 5.63. The summed E-state index contributed by atoms with van der Waals surface area (Å²) in [5.74, 6) is -0.601. The molecule has 0 saturated heterocycles. The lowest BCUT2D eigenvalue weighted by Crippen LogP contribution is -2.32. The lowest BCUT2D eigenvalue weighted by atomic mass is 10.0. The van der Waals surface area contributed by atoms with Crippen LogP contribution in [0.1, 0.15) is 57.8 Å². The minimum absolute atomic E-state index is 0.168. The fraction of sp³-hybridized carbons (Fsp3) is 0.478.